The molecular weight excluding hydrogens is 536 g/mol. The van der Waals surface area contributed by atoms with Crippen LogP contribution in [0.4, 0.5) is 9.59 Å². The Morgan fingerprint density at radius 1 is 1.05 bits per heavy atom. The van der Waals surface area contributed by atoms with Crippen LogP contribution in [0.25, 0.3) is 11.1 Å². The lowest BCUT2D eigenvalue weighted by molar-refractivity contribution is 0.0445. The summed E-state index contributed by atoms with van der Waals surface area (Å²) in [5, 5.41) is 16.8. The number of aromatic carboxylic acids is 1. The smallest absolute Gasteiger partial charge is 0.410 e. The first-order valence-corrected chi connectivity index (χ1v) is 14.4. The third kappa shape index (κ3) is 6.27. The average molecular weight is 575 g/mol. The molecule has 1 aromatic heterocycles. The van der Waals surface area contributed by atoms with Crippen molar-refractivity contribution in [3.05, 3.63) is 77.1 Å². The van der Waals surface area contributed by atoms with E-state index in [9.17, 15) is 19.5 Å². The third-order valence-corrected chi connectivity index (χ3v) is 7.99. The van der Waals surface area contributed by atoms with Gasteiger partial charge in [-0.15, -0.1) is 0 Å². The van der Waals surface area contributed by atoms with Gasteiger partial charge >= 0.3 is 18.2 Å². The predicted molar refractivity (Wildman–Crippen MR) is 156 cm³/mol. The van der Waals surface area contributed by atoms with E-state index < -0.39 is 23.8 Å². The SMILES string of the molecule is Cn1ncc(C(=O)O)c1CN(C(=O)OCC1c2ccccc2-c2ccccc21)[C@@H]1CCC[C@@H](NC(=O)OC(C)(C)C)C1. The van der Waals surface area contributed by atoms with Crippen molar-refractivity contribution in [3.63, 3.8) is 0 Å². The molecule has 0 unspecified atom stereocenters. The van der Waals surface area contributed by atoms with Gasteiger partial charge in [-0.2, -0.15) is 5.10 Å². The number of nitrogens with zero attached hydrogens (tertiary/aromatic N) is 3. The van der Waals surface area contributed by atoms with Crippen LogP contribution in [0.3, 0.4) is 0 Å². The molecule has 2 amide bonds. The van der Waals surface area contributed by atoms with Crippen LogP contribution in [-0.4, -0.2) is 62.2 Å². The minimum absolute atomic E-state index is 0.0125. The van der Waals surface area contributed by atoms with Gasteiger partial charge in [0, 0.05) is 25.0 Å². The first-order chi connectivity index (χ1) is 20.0. The van der Waals surface area contributed by atoms with E-state index in [1.165, 1.54) is 10.9 Å². The fourth-order valence-corrected chi connectivity index (χ4v) is 6.06. The highest BCUT2D eigenvalue weighted by Crippen LogP contribution is 2.44. The van der Waals surface area contributed by atoms with Crippen LogP contribution in [0.5, 0.6) is 0 Å². The van der Waals surface area contributed by atoms with Crippen molar-refractivity contribution in [3.8, 4) is 11.1 Å². The number of amides is 2. The van der Waals surface area contributed by atoms with E-state index in [1.807, 2.05) is 45.0 Å². The predicted octanol–water partition coefficient (Wildman–Crippen LogP) is 5.71. The van der Waals surface area contributed by atoms with Gasteiger partial charge in [-0.25, -0.2) is 14.4 Å². The van der Waals surface area contributed by atoms with E-state index in [-0.39, 0.29) is 36.7 Å². The number of rotatable bonds is 7. The van der Waals surface area contributed by atoms with Gasteiger partial charge in [-0.05, 0) is 68.7 Å². The number of hydrogen-bond acceptors (Lipinski definition) is 6. The summed E-state index contributed by atoms with van der Waals surface area (Å²) in [6.07, 6.45) is 2.97. The summed E-state index contributed by atoms with van der Waals surface area (Å²) in [5.41, 5.74) is 4.30. The summed E-state index contributed by atoms with van der Waals surface area (Å²) in [4.78, 5) is 39.9. The molecule has 10 heteroatoms. The molecule has 10 nitrogen and oxygen atoms in total. The molecule has 1 fully saturated rings. The molecule has 2 atom stereocenters. The number of alkyl carbamates (subject to hydrolysis) is 1. The topological polar surface area (TPSA) is 123 Å². The Kier molecular flexibility index (Phi) is 8.24. The van der Waals surface area contributed by atoms with Crippen LogP contribution in [0.15, 0.2) is 54.7 Å². The molecule has 42 heavy (non-hydrogen) atoms. The van der Waals surface area contributed by atoms with E-state index in [0.29, 0.717) is 18.5 Å². The Hall–Kier alpha value is -4.34. The third-order valence-electron chi connectivity index (χ3n) is 7.99. The highest BCUT2D eigenvalue weighted by Gasteiger charge is 2.35. The van der Waals surface area contributed by atoms with Crippen LogP contribution in [0, 0.1) is 0 Å². The molecule has 2 aliphatic carbocycles. The highest BCUT2D eigenvalue weighted by atomic mass is 16.6. The van der Waals surface area contributed by atoms with Crippen molar-refractivity contribution in [1.29, 1.82) is 0 Å². The molecule has 1 heterocycles. The molecule has 1 saturated carbocycles. The van der Waals surface area contributed by atoms with Crippen LogP contribution in [-0.2, 0) is 23.1 Å². The van der Waals surface area contributed by atoms with E-state index in [2.05, 4.69) is 34.7 Å². The number of nitrogens with one attached hydrogen (secondary N) is 1. The zero-order chi connectivity index (χ0) is 30.0. The molecule has 2 aromatic carbocycles. The number of hydrogen-bond donors (Lipinski definition) is 2. The van der Waals surface area contributed by atoms with Gasteiger partial charge in [-0.1, -0.05) is 48.5 Å². The molecule has 222 valence electrons. The molecule has 3 aromatic rings. The number of fused-ring (bicyclic) bond motifs is 3. The number of benzene rings is 2. The second-order valence-corrected chi connectivity index (χ2v) is 12.0. The lowest BCUT2D eigenvalue weighted by atomic mass is 9.90. The van der Waals surface area contributed by atoms with E-state index in [4.69, 9.17) is 9.47 Å². The number of aryl methyl sites for hydroxylation is 1. The van der Waals surface area contributed by atoms with Gasteiger partial charge in [0.15, 0.2) is 0 Å². The maximum Gasteiger partial charge on any atom is 0.410 e. The standard InChI is InChI=1S/C32H38N4O6/c1-32(2,3)42-30(39)34-20-10-9-11-21(16-20)36(18-28-26(29(37)38)17-33-35(28)4)31(40)41-19-27-24-14-7-5-12-22(24)23-13-6-8-15-25(23)27/h5-8,12-15,17,20-21,27H,9-11,16,18-19H2,1-4H3,(H,34,39)(H,37,38)/t20-,21-/m1/s1. The maximum atomic E-state index is 13.9. The van der Waals surface area contributed by atoms with Gasteiger partial charge in [-0.3, -0.25) is 9.58 Å². The van der Waals surface area contributed by atoms with Gasteiger partial charge in [0.1, 0.15) is 17.8 Å². The zero-order valence-corrected chi connectivity index (χ0v) is 24.5. The molecule has 0 bridgehead atoms. The monoisotopic (exact) mass is 574 g/mol. The van der Waals surface area contributed by atoms with Crippen molar-refractivity contribution < 1.29 is 29.0 Å². The summed E-state index contributed by atoms with van der Waals surface area (Å²) in [6, 6.07) is 15.8. The largest absolute Gasteiger partial charge is 0.478 e. The zero-order valence-electron chi connectivity index (χ0n) is 24.5. The number of carboxylic acids is 1. The van der Waals surface area contributed by atoms with Crippen LogP contribution < -0.4 is 5.32 Å². The number of aromatic nitrogens is 2. The maximum absolute atomic E-state index is 13.9. The summed E-state index contributed by atoms with van der Waals surface area (Å²) >= 11 is 0. The minimum atomic E-state index is -1.11. The second-order valence-electron chi connectivity index (χ2n) is 12.0. The normalized spacial score (nSPS) is 18.1. The Morgan fingerprint density at radius 2 is 1.69 bits per heavy atom. The Morgan fingerprint density at radius 3 is 2.31 bits per heavy atom. The molecule has 2 aliphatic rings. The first-order valence-electron chi connectivity index (χ1n) is 14.4. The fraction of sp³-hybridized carbons (Fsp3) is 0.438. The van der Waals surface area contributed by atoms with Gasteiger partial charge in [0.25, 0.3) is 0 Å². The van der Waals surface area contributed by atoms with Gasteiger partial charge < -0.3 is 19.9 Å². The Bertz CT molecular complexity index is 1430. The second kappa shape index (κ2) is 11.9. The number of carboxylic acid groups (broad SMARTS) is 1. The minimum Gasteiger partial charge on any atom is -0.478 e. The number of carbonyl (C=O) groups excluding carboxylic acids is 2. The van der Waals surface area contributed by atoms with Crippen molar-refractivity contribution in [1.82, 2.24) is 20.0 Å². The molecule has 0 spiro atoms. The molecule has 0 saturated heterocycles. The lowest BCUT2D eigenvalue weighted by Crippen LogP contribution is -2.49. The summed E-state index contributed by atoms with van der Waals surface area (Å²) in [6.45, 7) is 5.58. The quantitative estimate of drug-likeness (QED) is 0.371. The summed E-state index contributed by atoms with van der Waals surface area (Å²) < 4.78 is 13.0. The van der Waals surface area contributed by atoms with E-state index >= 15 is 0 Å². The molecule has 5 rings (SSSR count). The summed E-state index contributed by atoms with van der Waals surface area (Å²) in [5.74, 6) is -1.22. The van der Waals surface area contributed by atoms with Gasteiger partial charge in [0.05, 0.1) is 18.4 Å². The van der Waals surface area contributed by atoms with Crippen molar-refractivity contribution >= 4 is 18.2 Å². The first kappa shape index (κ1) is 29.2. The van der Waals surface area contributed by atoms with Crippen LogP contribution in [0.2, 0.25) is 0 Å². The van der Waals surface area contributed by atoms with Crippen molar-refractivity contribution in [2.75, 3.05) is 6.61 Å². The van der Waals surface area contributed by atoms with E-state index in [1.54, 1.807) is 11.9 Å². The van der Waals surface area contributed by atoms with Gasteiger partial charge in [0.2, 0.25) is 0 Å². The Balaban J connectivity index is 1.37. The summed E-state index contributed by atoms with van der Waals surface area (Å²) in [7, 11) is 1.66. The fourth-order valence-electron chi connectivity index (χ4n) is 6.06. The average Bonchev–Trinajstić information content (AvgIpc) is 3.46. The molecule has 0 radical (unpaired) electrons. The van der Waals surface area contributed by atoms with Crippen molar-refractivity contribution in [2.24, 2.45) is 7.05 Å². The number of carbonyl (C=O) groups is 3. The number of ether oxygens (including phenoxy) is 2. The van der Waals surface area contributed by atoms with Crippen molar-refractivity contribution in [2.45, 2.75) is 76.6 Å². The van der Waals surface area contributed by atoms with Crippen LogP contribution >= 0.6 is 0 Å². The molecular formula is C32H38N4O6. The van der Waals surface area contributed by atoms with E-state index in [0.717, 1.165) is 35.1 Å². The Labute approximate surface area is 245 Å². The molecule has 2 N–H and O–H groups in total. The molecule has 0 aliphatic heterocycles. The lowest BCUT2D eigenvalue weighted by Gasteiger charge is -2.37. The highest BCUT2D eigenvalue weighted by molar-refractivity contribution is 5.88. The van der Waals surface area contributed by atoms with Crippen LogP contribution in [0.1, 0.15) is 79.6 Å².